The third kappa shape index (κ3) is 17.4. The monoisotopic (exact) mass is 269 g/mol. The lowest BCUT2D eigenvalue weighted by Crippen LogP contribution is -2.23. The largest absolute Gasteiger partial charge is 0.481 e. The second-order valence-corrected chi connectivity index (χ2v) is 3.92. The minimum atomic E-state index is -1.40. The molecule has 0 aromatic carbocycles. The molecule has 0 amide bonds. The average Bonchev–Trinajstić information content (AvgIpc) is 2.25. The summed E-state index contributed by atoms with van der Waals surface area (Å²) in [5, 5.41) is 8.30. The summed E-state index contributed by atoms with van der Waals surface area (Å²) in [6, 6.07) is -0.155. The fourth-order valence-electron chi connectivity index (χ4n) is 1.09. The number of allylic oxidation sites excluding steroid dienone is 2. The Hall–Kier alpha value is -1.04. The number of nitrogens with two attached hydrogens (primary N) is 1. The van der Waals surface area contributed by atoms with Crippen LogP contribution in [0.25, 0.3) is 0 Å². The van der Waals surface area contributed by atoms with E-state index < -0.39 is 24.6 Å². The fourth-order valence-corrected chi connectivity index (χ4v) is 1.09. The van der Waals surface area contributed by atoms with E-state index in [4.69, 9.17) is 10.8 Å². The Morgan fingerprint density at radius 1 is 1.50 bits per heavy atom. The van der Waals surface area contributed by atoms with E-state index in [1.165, 1.54) is 0 Å². The number of aliphatic carboxylic acids is 1. The molecule has 2 unspecified atom stereocenters. The van der Waals surface area contributed by atoms with E-state index in [-0.39, 0.29) is 12.5 Å². The molecule has 0 spiro atoms. The van der Waals surface area contributed by atoms with E-state index in [0.29, 0.717) is 6.08 Å². The molecule has 0 bridgehead atoms. The van der Waals surface area contributed by atoms with Crippen LogP contribution in [0.15, 0.2) is 11.9 Å². The standard InChI is InChI=1S/C7H15NO2.C5H7F3/c1-2-3-4-6(8)5-7(9)10;1-4(7)2-5(8)3-6/h6H,2-5,8H2,1H3,(H,9,10);2,4H,3H2,1H3/b;5-2+. The maximum Gasteiger partial charge on any atom is 0.304 e. The molecule has 108 valence electrons. The molecule has 0 aromatic rings. The maximum absolute atomic E-state index is 11.7. The van der Waals surface area contributed by atoms with Crippen LogP contribution in [0.3, 0.4) is 0 Å². The number of rotatable bonds is 7. The van der Waals surface area contributed by atoms with Crippen LogP contribution in [-0.2, 0) is 4.79 Å². The lowest BCUT2D eigenvalue weighted by molar-refractivity contribution is -0.137. The molecule has 0 radical (unpaired) electrons. The molecule has 0 aromatic heterocycles. The zero-order chi connectivity index (χ0) is 14.6. The topological polar surface area (TPSA) is 63.3 Å². The van der Waals surface area contributed by atoms with Crippen LogP contribution in [0, 0.1) is 0 Å². The molecule has 0 heterocycles. The van der Waals surface area contributed by atoms with Crippen LogP contribution in [0.1, 0.15) is 39.5 Å². The second kappa shape index (κ2) is 12.4. The number of halogens is 3. The molecule has 0 saturated carbocycles. The van der Waals surface area contributed by atoms with E-state index in [1.807, 2.05) is 0 Å². The Morgan fingerprint density at radius 3 is 2.33 bits per heavy atom. The van der Waals surface area contributed by atoms with E-state index in [1.54, 1.807) is 0 Å². The van der Waals surface area contributed by atoms with Crippen molar-refractivity contribution in [1.82, 2.24) is 0 Å². The van der Waals surface area contributed by atoms with Crippen molar-refractivity contribution in [2.75, 3.05) is 6.67 Å². The van der Waals surface area contributed by atoms with Crippen molar-refractivity contribution in [1.29, 1.82) is 0 Å². The summed E-state index contributed by atoms with van der Waals surface area (Å²) in [5.74, 6) is -1.84. The minimum absolute atomic E-state index is 0.0972. The first-order valence-corrected chi connectivity index (χ1v) is 5.87. The van der Waals surface area contributed by atoms with Crippen LogP contribution in [0.5, 0.6) is 0 Å². The van der Waals surface area contributed by atoms with Gasteiger partial charge >= 0.3 is 5.97 Å². The maximum atomic E-state index is 11.7. The highest BCUT2D eigenvalue weighted by molar-refractivity contribution is 5.67. The first-order chi connectivity index (χ1) is 8.33. The van der Waals surface area contributed by atoms with Gasteiger partial charge in [0.1, 0.15) is 18.7 Å². The van der Waals surface area contributed by atoms with Crippen molar-refractivity contribution in [3.8, 4) is 0 Å². The van der Waals surface area contributed by atoms with Gasteiger partial charge in [-0.15, -0.1) is 0 Å². The first kappa shape index (κ1) is 19.3. The summed E-state index contributed by atoms with van der Waals surface area (Å²) < 4.78 is 34.4. The molecular formula is C12H22F3NO2. The van der Waals surface area contributed by atoms with Crippen LogP contribution in [0.2, 0.25) is 0 Å². The molecule has 0 saturated heterocycles. The van der Waals surface area contributed by atoms with Gasteiger partial charge in [0.25, 0.3) is 0 Å². The third-order valence-corrected chi connectivity index (χ3v) is 1.90. The normalized spacial score (nSPS) is 14.4. The molecule has 0 fully saturated rings. The van der Waals surface area contributed by atoms with Crippen molar-refractivity contribution >= 4 is 5.97 Å². The molecular weight excluding hydrogens is 247 g/mol. The Bertz CT molecular complexity index is 245. The quantitative estimate of drug-likeness (QED) is 0.746. The lowest BCUT2D eigenvalue weighted by Gasteiger charge is -2.05. The average molecular weight is 269 g/mol. The van der Waals surface area contributed by atoms with Crippen LogP contribution in [-0.4, -0.2) is 30.0 Å². The van der Waals surface area contributed by atoms with Gasteiger partial charge in [-0.05, 0) is 19.4 Å². The van der Waals surface area contributed by atoms with E-state index >= 15 is 0 Å². The predicted octanol–water partition coefficient (Wildman–Crippen LogP) is 3.15. The Labute approximate surface area is 106 Å². The number of carboxylic acid groups (broad SMARTS) is 1. The first-order valence-electron chi connectivity index (χ1n) is 5.87. The molecule has 6 heteroatoms. The molecule has 18 heavy (non-hydrogen) atoms. The van der Waals surface area contributed by atoms with Crippen molar-refractivity contribution in [3.05, 3.63) is 11.9 Å². The van der Waals surface area contributed by atoms with Gasteiger partial charge in [-0.25, -0.2) is 13.2 Å². The number of alkyl halides is 2. The van der Waals surface area contributed by atoms with Gasteiger partial charge in [0, 0.05) is 6.04 Å². The van der Waals surface area contributed by atoms with Gasteiger partial charge in [-0.1, -0.05) is 19.8 Å². The Balaban J connectivity index is 0. The molecule has 2 atom stereocenters. The second-order valence-electron chi connectivity index (χ2n) is 3.92. The highest BCUT2D eigenvalue weighted by atomic mass is 19.2. The highest BCUT2D eigenvalue weighted by Crippen LogP contribution is 2.01. The molecule has 0 aliphatic heterocycles. The SMILES string of the molecule is CC(F)/C=C(/F)CF.CCCCC(N)CC(=O)O. The van der Waals surface area contributed by atoms with Crippen molar-refractivity contribution in [3.63, 3.8) is 0 Å². The number of carboxylic acids is 1. The molecule has 0 rings (SSSR count). The minimum Gasteiger partial charge on any atom is -0.481 e. The van der Waals surface area contributed by atoms with Crippen LogP contribution in [0.4, 0.5) is 13.2 Å². The number of unbranched alkanes of at least 4 members (excludes halogenated alkanes) is 1. The Morgan fingerprint density at radius 2 is 2.06 bits per heavy atom. The van der Waals surface area contributed by atoms with E-state index in [2.05, 4.69) is 6.92 Å². The smallest absolute Gasteiger partial charge is 0.304 e. The van der Waals surface area contributed by atoms with Crippen molar-refractivity contribution < 1.29 is 23.1 Å². The summed E-state index contributed by atoms with van der Waals surface area (Å²) in [7, 11) is 0. The number of hydrogen-bond acceptors (Lipinski definition) is 2. The van der Waals surface area contributed by atoms with Gasteiger partial charge in [0.15, 0.2) is 0 Å². The Kier molecular flexibility index (Phi) is 13.3. The summed E-state index contributed by atoms with van der Waals surface area (Å²) >= 11 is 0. The molecule has 0 aliphatic rings. The van der Waals surface area contributed by atoms with Gasteiger partial charge < -0.3 is 10.8 Å². The van der Waals surface area contributed by atoms with Gasteiger partial charge in [-0.2, -0.15) is 0 Å². The van der Waals surface area contributed by atoms with Crippen molar-refractivity contribution in [2.45, 2.75) is 51.7 Å². The molecule has 3 nitrogen and oxygen atoms in total. The van der Waals surface area contributed by atoms with Gasteiger partial charge in [0.05, 0.1) is 6.42 Å². The van der Waals surface area contributed by atoms with Crippen LogP contribution < -0.4 is 5.73 Å². The zero-order valence-corrected chi connectivity index (χ0v) is 10.8. The van der Waals surface area contributed by atoms with E-state index in [9.17, 15) is 18.0 Å². The molecule has 3 N–H and O–H groups in total. The summed E-state index contributed by atoms with van der Waals surface area (Å²) in [6.07, 6.45) is 2.22. The summed E-state index contributed by atoms with van der Waals surface area (Å²) in [6.45, 7) is 1.98. The number of hydrogen-bond donors (Lipinski definition) is 2. The molecule has 0 aliphatic carbocycles. The predicted molar refractivity (Wildman–Crippen MR) is 65.5 cm³/mol. The highest BCUT2D eigenvalue weighted by Gasteiger charge is 2.05. The van der Waals surface area contributed by atoms with Crippen molar-refractivity contribution in [2.24, 2.45) is 5.73 Å². The van der Waals surface area contributed by atoms with Crippen LogP contribution >= 0.6 is 0 Å². The zero-order valence-electron chi connectivity index (χ0n) is 10.8. The number of carbonyl (C=O) groups is 1. The van der Waals surface area contributed by atoms with Gasteiger partial charge in [0.2, 0.25) is 0 Å². The summed E-state index contributed by atoms with van der Waals surface area (Å²) in [5.41, 5.74) is 5.48. The summed E-state index contributed by atoms with van der Waals surface area (Å²) in [4.78, 5) is 10.1. The fraction of sp³-hybridized carbons (Fsp3) is 0.750. The third-order valence-electron chi connectivity index (χ3n) is 1.90. The van der Waals surface area contributed by atoms with E-state index in [0.717, 1.165) is 26.2 Å². The van der Waals surface area contributed by atoms with Gasteiger partial charge in [-0.3, -0.25) is 4.79 Å². The lowest BCUT2D eigenvalue weighted by atomic mass is 10.1.